The fourth-order valence-corrected chi connectivity index (χ4v) is 1.79. The highest BCUT2D eigenvalue weighted by molar-refractivity contribution is 5.78. The van der Waals surface area contributed by atoms with Gasteiger partial charge >= 0.3 is 0 Å². The SMILES string of the molecule is CCC(CC)CNC(=O)C(C)C1CC1. The molecule has 0 saturated heterocycles. The normalized spacial score (nSPS) is 18.3. The summed E-state index contributed by atoms with van der Waals surface area (Å²) >= 11 is 0. The number of carbonyl (C=O) groups excluding carboxylic acids is 1. The Labute approximate surface area is 87.5 Å². The third-order valence-corrected chi connectivity index (χ3v) is 3.46. The number of carbonyl (C=O) groups is 1. The lowest BCUT2D eigenvalue weighted by atomic mass is 10.0. The first-order chi connectivity index (χ1) is 6.69. The predicted molar refractivity (Wildman–Crippen MR) is 59.0 cm³/mol. The van der Waals surface area contributed by atoms with Crippen LogP contribution in [0.25, 0.3) is 0 Å². The summed E-state index contributed by atoms with van der Waals surface area (Å²) in [7, 11) is 0. The van der Waals surface area contributed by atoms with Crippen LogP contribution in [-0.2, 0) is 4.79 Å². The van der Waals surface area contributed by atoms with Gasteiger partial charge < -0.3 is 5.32 Å². The van der Waals surface area contributed by atoms with Crippen LogP contribution in [0.4, 0.5) is 0 Å². The molecule has 0 aromatic heterocycles. The zero-order valence-electron chi connectivity index (χ0n) is 9.68. The van der Waals surface area contributed by atoms with Crippen molar-refractivity contribution >= 4 is 5.91 Å². The third-order valence-electron chi connectivity index (χ3n) is 3.46. The Balaban J connectivity index is 2.19. The third kappa shape index (κ3) is 3.32. The van der Waals surface area contributed by atoms with E-state index in [1.807, 2.05) is 0 Å². The van der Waals surface area contributed by atoms with E-state index in [0.29, 0.717) is 11.8 Å². The molecule has 82 valence electrons. The second-order valence-electron chi connectivity index (χ2n) is 4.55. The van der Waals surface area contributed by atoms with E-state index in [-0.39, 0.29) is 11.8 Å². The maximum Gasteiger partial charge on any atom is 0.223 e. The largest absolute Gasteiger partial charge is 0.356 e. The zero-order chi connectivity index (χ0) is 10.6. The van der Waals surface area contributed by atoms with E-state index < -0.39 is 0 Å². The molecule has 0 heterocycles. The fraction of sp³-hybridized carbons (Fsp3) is 0.917. The van der Waals surface area contributed by atoms with Crippen LogP contribution in [0.15, 0.2) is 0 Å². The summed E-state index contributed by atoms with van der Waals surface area (Å²) in [6.45, 7) is 7.29. The smallest absolute Gasteiger partial charge is 0.223 e. The zero-order valence-corrected chi connectivity index (χ0v) is 9.68. The van der Waals surface area contributed by atoms with Gasteiger partial charge in [-0.15, -0.1) is 0 Å². The Kier molecular flexibility index (Phi) is 4.43. The first-order valence-electron chi connectivity index (χ1n) is 5.96. The number of amides is 1. The van der Waals surface area contributed by atoms with Crippen molar-refractivity contribution in [1.29, 1.82) is 0 Å². The van der Waals surface area contributed by atoms with E-state index >= 15 is 0 Å². The van der Waals surface area contributed by atoms with Gasteiger partial charge in [0.15, 0.2) is 0 Å². The highest BCUT2D eigenvalue weighted by Crippen LogP contribution is 2.36. The van der Waals surface area contributed by atoms with Crippen LogP contribution in [0, 0.1) is 17.8 Å². The molecule has 1 aliphatic carbocycles. The first-order valence-corrected chi connectivity index (χ1v) is 5.96. The maximum atomic E-state index is 11.6. The van der Waals surface area contributed by atoms with Gasteiger partial charge in [-0.3, -0.25) is 4.79 Å². The molecule has 0 aromatic carbocycles. The van der Waals surface area contributed by atoms with E-state index in [0.717, 1.165) is 19.4 Å². The first kappa shape index (κ1) is 11.5. The topological polar surface area (TPSA) is 29.1 Å². The van der Waals surface area contributed by atoms with E-state index in [9.17, 15) is 4.79 Å². The summed E-state index contributed by atoms with van der Waals surface area (Å²) in [6, 6.07) is 0. The van der Waals surface area contributed by atoms with Gasteiger partial charge in [0, 0.05) is 12.5 Å². The minimum absolute atomic E-state index is 0.240. The summed E-state index contributed by atoms with van der Waals surface area (Å²) in [5, 5.41) is 3.07. The summed E-state index contributed by atoms with van der Waals surface area (Å²) in [5.74, 6) is 1.84. The van der Waals surface area contributed by atoms with Gasteiger partial charge in [-0.2, -0.15) is 0 Å². The van der Waals surface area contributed by atoms with Crippen LogP contribution in [-0.4, -0.2) is 12.5 Å². The average molecular weight is 197 g/mol. The Morgan fingerprint density at radius 2 is 1.93 bits per heavy atom. The minimum Gasteiger partial charge on any atom is -0.356 e. The van der Waals surface area contributed by atoms with Gasteiger partial charge in [-0.25, -0.2) is 0 Å². The molecule has 1 fully saturated rings. The van der Waals surface area contributed by atoms with Crippen molar-refractivity contribution in [2.24, 2.45) is 17.8 Å². The Hall–Kier alpha value is -0.530. The quantitative estimate of drug-likeness (QED) is 0.696. The summed E-state index contributed by atoms with van der Waals surface area (Å²) in [6.07, 6.45) is 4.82. The molecule has 1 N–H and O–H groups in total. The lowest BCUT2D eigenvalue weighted by Crippen LogP contribution is -2.33. The van der Waals surface area contributed by atoms with Crippen LogP contribution in [0.1, 0.15) is 46.5 Å². The van der Waals surface area contributed by atoms with E-state index in [4.69, 9.17) is 0 Å². The van der Waals surface area contributed by atoms with E-state index in [1.54, 1.807) is 0 Å². The van der Waals surface area contributed by atoms with E-state index in [1.165, 1.54) is 12.8 Å². The monoisotopic (exact) mass is 197 g/mol. The average Bonchev–Trinajstić information content (AvgIpc) is 3.01. The van der Waals surface area contributed by atoms with Crippen LogP contribution < -0.4 is 5.32 Å². The standard InChI is InChI=1S/C12H23NO/c1-4-10(5-2)8-13-12(14)9(3)11-6-7-11/h9-11H,4-8H2,1-3H3,(H,13,14). The van der Waals surface area contributed by atoms with Crippen molar-refractivity contribution in [3.63, 3.8) is 0 Å². The minimum atomic E-state index is 0.240. The van der Waals surface area contributed by atoms with Crippen molar-refractivity contribution in [3.05, 3.63) is 0 Å². The molecule has 14 heavy (non-hydrogen) atoms. The second-order valence-corrected chi connectivity index (χ2v) is 4.55. The molecule has 0 bridgehead atoms. The van der Waals surface area contributed by atoms with Crippen LogP contribution in [0.5, 0.6) is 0 Å². The number of nitrogens with one attached hydrogen (secondary N) is 1. The fourth-order valence-electron chi connectivity index (χ4n) is 1.79. The van der Waals surface area contributed by atoms with Gasteiger partial charge in [0.05, 0.1) is 0 Å². The van der Waals surface area contributed by atoms with Crippen LogP contribution in [0.3, 0.4) is 0 Å². The molecule has 0 aliphatic heterocycles. The summed E-state index contributed by atoms with van der Waals surface area (Å²) in [4.78, 5) is 11.6. The summed E-state index contributed by atoms with van der Waals surface area (Å²) < 4.78 is 0. The highest BCUT2D eigenvalue weighted by atomic mass is 16.1. The second kappa shape index (κ2) is 5.38. The molecular formula is C12H23NO. The molecule has 1 atom stereocenters. The molecular weight excluding hydrogens is 174 g/mol. The molecule has 0 radical (unpaired) electrons. The van der Waals surface area contributed by atoms with Gasteiger partial charge in [0.2, 0.25) is 5.91 Å². The van der Waals surface area contributed by atoms with E-state index in [2.05, 4.69) is 26.1 Å². The van der Waals surface area contributed by atoms with Crippen molar-refractivity contribution < 1.29 is 4.79 Å². The predicted octanol–water partition coefficient (Wildman–Crippen LogP) is 2.58. The van der Waals surface area contributed by atoms with Crippen LogP contribution >= 0.6 is 0 Å². The van der Waals surface area contributed by atoms with Gasteiger partial charge in [0.25, 0.3) is 0 Å². The van der Waals surface area contributed by atoms with Gasteiger partial charge in [0.1, 0.15) is 0 Å². The molecule has 0 spiro atoms. The van der Waals surface area contributed by atoms with Crippen molar-refractivity contribution in [3.8, 4) is 0 Å². The summed E-state index contributed by atoms with van der Waals surface area (Å²) in [5.41, 5.74) is 0. The van der Waals surface area contributed by atoms with Gasteiger partial charge in [-0.1, -0.05) is 33.6 Å². The molecule has 2 nitrogen and oxygen atoms in total. The van der Waals surface area contributed by atoms with Crippen LogP contribution in [0.2, 0.25) is 0 Å². The lowest BCUT2D eigenvalue weighted by molar-refractivity contribution is -0.125. The van der Waals surface area contributed by atoms with Gasteiger partial charge in [-0.05, 0) is 24.7 Å². The highest BCUT2D eigenvalue weighted by Gasteiger charge is 2.32. The number of hydrogen-bond donors (Lipinski definition) is 1. The molecule has 0 aromatic rings. The maximum absolute atomic E-state index is 11.6. The molecule has 1 amide bonds. The molecule has 1 unspecified atom stereocenters. The number of rotatable bonds is 6. The lowest BCUT2D eigenvalue weighted by Gasteiger charge is -2.16. The molecule has 2 heteroatoms. The van der Waals surface area contributed by atoms with Crippen molar-refractivity contribution in [2.45, 2.75) is 46.5 Å². The van der Waals surface area contributed by atoms with Crippen molar-refractivity contribution in [2.75, 3.05) is 6.54 Å². The number of hydrogen-bond acceptors (Lipinski definition) is 1. The Bertz CT molecular complexity index is 183. The van der Waals surface area contributed by atoms with Crippen molar-refractivity contribution in [1.82, 2.24) is 5.32 Å². The Morgan fingerprint density at radius 1 is 1.36 bits per heavy atom. The Morgan fingerprint density at radius 3 is 2.36 bits per heavy atom. The molecule has 1 rings (SSSR count). The molecule has 1 saturated carbocycles. The molecule has 1 aliphatic rings.